The zero-order chi connectivity index (χ0) is 18.8. The van der Waals surface area contributed by atoms with Gasteiger partial charge in [0.25, 0.3) is 0 Å². The number of halogens is 2. The number of furan rings is 1. The Kier molecular flexibility index (Phi) is 5.19. The lowest BCUT2D eigenvalue weighted by atomic mass is 10.2. The lowest BCUT2D eigenvalue weighted by molar-refractivity contribution is -0.115. The number of nitrogens with two attached hydrogens (primary N) is 1. The van der Waals surface area contributed by atoms with E-state index in [0.717, 1.165) is 23.4 Å². The van der Waals surface area contributed by atoms with E-state index in [4.69, 9.17) is 21.9 Å². The van der Waals surface area contributed by atoms with Crippen molar-refractivity contribution in [2.24, 2.45) is 0 Å². The number of rotatable bonds is 5. The number of nitrogens with zero attached hydrogens (tertiary/aromatic N) is 3. The van der Waals surface area contributed by atoms with Gasteiger partial charge in [0.05, 0.1) is 27.8 Å². The second-order valence-corrected chi connectivity index (χ2v) is 7.16. The molecule has 0 aliphatic rings. The molecule has 0 fully saturated rings. The number of thioether (sulfide) groups is 1. The SMILES string of the molecule is Cc1occc1-c1nnc(SC(C)C(=O)Nc2ccc(F)cc2Cl)n1N. The second-order valence-electron chi connectivity index (χ2n) is 5.44. The van der Waals surface area contributed by atoms with Crippen molar-refractivity contribution in [3.63, 3.8) is 0 Å². The highest BCUT2D eigenvalue weighted by atomic mass is 35.5. The van der Waals surface area contributed by atoms with Gasteiger partial charge >= 0.3 is 0 Å². The van der Waals surface area contributed by atoms with Crippen molar-refractivity contribution in [2.45, 2.75) is 24.3 Å². The van der Waals surface area contributed by atoms with Crippen LogP contribution in [0, 0.1) is 12.7 Å². The molecule has 3 aromatic rings. The number of nitrogens with one attached hydrogen (secondary N) is 1. The number of aryl methyl sites for hydroxylation is 1. The van der Waals surface area contributed by atoms with Gasteiger partial charge in [0.15, 0.2) is 5.82 Å². The van der Waals surface area contributed by atoms with E-state index < -0.39 is 11.1 Å². The van der Waals surface area contributed by atoms with Crippen LogP contribution in [0.15, 0.2) is 40.1 Å². The van der Waals surface area contributed by atoms with Crippen molar-refractivity contribution in [2.75, 3.05) is 11.2 Å². The third-order valence-electron chi connectivity index (χ3n) is 3.60. The standard InChI is InChI=1S/C16H15ClFN5O2S/c1-8-11(5-6-25-8)14-21-22-16(23(14)19)26-9(2)15(24)20-13-4-3-10(18)7-12(13)17/h3-7,9H,19H2,1-2H3,(H,20,24). The molecule has 26 heavy (non-hydrogen) atoms. The van der Waals surface area contributed by atoms with Gasteiger partial charge in [-0.25, -0.2) is 9.07 Å². The van der Waals surface area contributed by atoms with Gasteiger partial charge in [-0.15, -0.1) is 10.2 Å². The van der Waals surface area contributed by atoms with Crippen LogP contribution in [0.1, 0.15) is 12.7 Å². The minimum Gasteiger partial charge on any atom is -0.469 e. The predicted molar refractivity (Wildman–Crippen MR) is 98.0 cm³/mol. The Morgan fingerprint density at radius 3 is 2.85 bits per heavy atom. The van der Waals surface area contributed by atoms with Gasteiger partial charge in [-0.2, -0.15) is 0 Å². The molecule has 0 bridgehead atoms. The summed E-state index contributed by atoms with van der Waals surface area (Å²) in [5, 5.41) is 10.7. The first-order valence-corrected chi connectivity index (χ1v) is 8.80. The summed E-state index contributed by atoms with van der Waals surface area (Å²) in [5.41, 5.74) is 1.05. The van der Waals surface area contributed by atoms with Crippen LogP contribution in [-0.4, -0.2) is 26.0 Å². The molecule has 136 valence electrons. The maximum atomic E-state index is 13.1. The third kappa shape index (κ3) is 3.68. The molecule has 0 aliphatic heterocycles. The number of amides is 1. The smallest absolute Gasteiger partial charge is 0.237 e. The van der Waals surface area contributed by atoms with Crippen LogP contribution in [0.5, 0.6) is 0 Å². The van der Waals surface area contributed by atoms with E-state index in [1.54, 1.807) is 19.9 Å². The quantitative estimate of drug-likeness (QED) is 0.507. The average Bonchev–Trinajstić information content (AvgIpc) is 3.16. The molecule has 0 saturated heterocycles. The summed E-state index contributed by atoms with van der Waals surface area (Å²) in [4.78, 5) is 12.4. The van der Waals surface area contributed by atoms with E-state index in [0.29, 0.717) is 22.4 Å². The lowest BCUT2D eigenvalue weighted by Crippen LogP contribution is -2.23. The molecule has 2 aromatic heterocycles. The van der Waals surface area contributed by atoms with Crippen molar-refractivity contribution in [1.29, 1.82) is 0 Å². The molecular formula is C16H15ClFN5O2S. The Bertz CT molecular complexity index is 958. The summed E-state index contributed by atoms with van der Waals surface area (Å²) in [5.74, 6) is 6.34. The molecule has 2 heterocycles. The van der Waals surface area contributed by atoms with E-state index in [-0.39, 0.29) is 10.9 Å². The largest absolute Gasteiger partial charge is 0.469 e. The summed E-state index contributed by atoms with van der Waals surface area (Å²) in [7, 11) is 0. The fourth-order valence-corrected chi connectivity index (χ4v) is 3.18. The summed E-state index contributed by atoms with van der Waals surface area (Å²) >= 11 is 7.06. The van der Waals surface area contributed by atoms with Crippen LogP contribution in [0.2, 0.25) is 5.02 Å². The minimum atomic E-state index is -0.541. The highest BCUT2D eigenvalue weighted by Crippen LogP contribution is 2.28. The Morgan fingerprint density at radius 2 is 2.19 bits per heavy atom. The van der Waals surface area contributed by atoms with Crippen molar-refractivity contribution < 1.29 is 13.6 Å². The number of carbonyl (C=O) groups excluding carboxylic acids is 1. The van der Waals surface area contributed by atoms with Crippen molar-refractivity contribution >= 4 is 35.0 Å². The maximum absolute atomic E-state index is 13.1. The number of aromatic nitrogens is 3. The molecule has 0 aliphatic carbocycles. The molecule has 1 atom stereocenters. The molecule has 1 unspecified atom stereocenters. The van der Waals surface area contributed by atoms with Gasteiger partial charge in [0.2, 0.25) is 11.1 Å². The number of anilines is 1. The molecule has 7 nitrogen and oxygen atoms in total. The van der Waals surface area contributed by atoms with Crippen molar-refractivity contribution in [1.82, 2.24) is 14.9 Å². The van der Waals surface area contributed by atoms with Gasteiger partial charge in [-0.3, -0.25) is 4.79 Å². The Morgan fingerprint density at radius 1 is 1.42 bits per heavy atom. The molecule has 10 heteroatoms. The summed E-state index contributed by atoms with van der Waals surface area (Å²) < 4.78 is 19.6. The second kappa shape index (κ2) is 7.38. The van der Waals surface area contributed by atoms with Crippen LogP contribution >= 0.6 is 23.4 Å². The summed E-state index contributed by atoms with van der Waals surface area (Å²) in [6.07, 6.45) is 1.54. The normalized spacial score (nSPS) is 12.2. The first-order valence-electron chi connectivity index (χ1n) is 7.54. The van der Waals surface area contributed by atoms with Crippen molar-refractivity contribution in [3.8, 4) is 11.4 Å². The number of nitrogen functional groups attached to an aromatic ring is 1. The summed E-state index contributed by atoms with van der Waals surface area (Å²) in [6, 6.07) is 5.49. The zero-order valence-corrected chi connectivity index (χ0v) is 15.4. The topological polar surface area (TPSA) is 99.0 Å². The lowest BCUT2D eigenvalue weighted by Gasteiger charge is -2.12. The van der Waals surface area contributed by atoms with E-state index in [1.165, 1.54) is 23.1 Å². The van der Waals surface area contributed by atoms with E-state index in [2.05, 4.69) is 15.5 Å². The van der Waals surface area contributed by atoms with Crippen LogP contribution in [0.4, 0.5) is 10.1 Å². The number of hydrogen-bond acceptors (Lipinski definition) is 6. The fraction of sp³-hybridized carbons (Fsp3) is 0.188. The molecule has 1 aromatic carbocycles. The van der Waals surface area contributed by atoms with E-state index >= 15 is 0 Å². The molecular weight excluding hydrogens is 381 g/mol. The summed E-state index contributed by atoms with van der Waals surface area (Å²) in [6.45, 7) is 3.48. The van der Waals surface area contributed by atoms with Gasteiger partial charge in [0, 0.05) is 0 Å². The average molecular weight is 396 g/mol. The van der Waals surface area contributed by atoms with Crippen molar-refractivity contribution in [3.05, 3.63) is 47.1 Å². The highest BCUT2D eigenvalue weighted by molar-refractivity contribution is 8.00. The Hall–Kier alpha value is -2.52. The van der Waals surface area contributed by atoms with Crippen LogP contribution in [0.25, 0.3) is 11.4 Å². The molecule has 0 saturated carbocycles. The fourth-order valence-electron chi connectivity index (χ4n) is 2.19. The van der Waals surface area contributed by atoms with Gasteiger partial charge < -0.3 is 15.6 Å². The Labute approximate surface area is 157 Å². The molecule has 3 N–H and O–H groups in total. The zero-order valence-electron chi connectivity index (χ0n) is 13.9. The maximum Gasteiger partial charge on any atom is 0.237 e. The third-order valence-corrected chi connectivity index (χ3v) is 4.97. The van der Waals surface area contributed by atoms with Crippen LogP contribution in [0.3, 0.4) is 0 Å². The first kappa shape index (κ1) is 18.3. The van der Waals surface area contributed by atoms with Gasteiger partial charge in [-0.05, 0) is 38.1 Å². The molecule has 0 spiro atoms. The Balaban J connectivity index is 1.72. The molecule has 0 radical (unpaired) electrons. The van der Waals surface area contributed by atoms with E-state index in [9.17, 15) is 9.18 Å². The predicted octanol–water partition coefficient (Wildman–Crippen LogP) is 3.47. The van der Waals surface area contributed by atoms with Gasteiger partial charge in [0.1, 0.15) is 11.6 Å². The number of benzene rings is 1. The van der Waals surface area contributed by atoms with E-state index in [1.807, 2.05) is 0 Å². The number of hydrogen-bond donors (Lipinski definition) is 2. The van der Waals surface area contributed by atoms with Crippen LogP contribution < -0.4 is 11.2 Å². The molecule has 3 rings (SSSR count). The van der Waals surface area contributed by atoms with Crippen LogP contribution in [-0.2, 0) is 4.79 Å². The molecule has 1 amide bonds. The highest BCUT2D eigenvalue weighted by Gasteiger charge is 2.21. The first-order chi connectivity index (χ1) is 12.4. The van der Waals surface area contributed by atoms with Gasteiger partial charge in [-0.1, -0.05) is 23.4 Å². The number of carbonyl (C=O) groups is 1. The monoisotopic (exact) mass is 395 g/mol. The minimum absolute atomic E-state index is 0.121.